The first-order chi connectivity index (χ1) is 12.1. The van der Waals surface area contributed by atoms with Crippen LogP contribution >= 0.6 is 22.7 Å². The number of carbonyl (C=O) groups excluding carboxylic acids is 2. The van der Waals surface area contributed by atoms with E-state index < -0.39 is 12.1 Å². The number of thiazole rings is 1. The molecule has 128 valence electrons. The number of hydrogen-bond acceptors (Lipinski definition) is 6. The third kappa shape index (κ3) is 3.94. The summed E-state index contributed by atoms with van der Waals surface area (Å²) in [6.45, 7) is 0. The average Bonchev–Trinajstić information content (AvgIpc) is 3.30. The van der Waals surface area contributed by atoms with Crippen LogP contribution < -0.4 is 0 Å². The maximum Gasteiger partial charge on any atom is 0.358 e. The monoisotopic (exact) mass is 372 g/mol. The SMILES string of the molecule is CN(C)C(=O)[C@H](OC(=O)c1csc(-c2cccs2)n1)c1ccccc1. The lowest BCUT2D eigenvalue weighted by Gasteiger charge is -2.20. The Kier molecular flexibility index (Phi) is 5.25. The van der Waals surface area contributed by atoms with Crippen molar-refractivity contribution in [3.63, 3.8) is 0 Å². The molecule has 3 rings (SSSR count). The highest BCUT2D eigenvalue weighted by molar-refractivity contribution is 7.20. The fourth-order valence-electron chi connectivity index (χ4n) is 2.17. The molecule has 5 nitrogen and oxygen atoms in total. The number of ether oxygens (including phenoxy) is 1. The minimum Gasteiger partial charge on any atom is -0.443 e. The van der Waals surface area contributed by atoms with Gasteiger partial charge >= 0.3 is 5.97 Å². The first kappa shape index (κ1) is 17.3. The van der Waals surface area contributed by atoms with E-state index >= 15 is 0 Å². The maximum atomic E-state index is 12.5. The lowest BCUT2D eigenvalue weighted by atomic mass is 10.1. The molecule has 2 aromatic heterocycles. The molecule has 0 bridgehead atoms. The van der Waals surface area contributed by atoms with Gasteiger partial charge in [0.2, 0.25) is 6.10 Å². The van der Waals surface area contributed by atoms with Crippen molar-refractivity contribution in [1.29, 1.82) is 0 Å². The van der Waals surface area contributed by atoms with E-state index in [-0.39, 0.29) is 11.6 Å². The lowest BCUT2D eigenvalue weighted by Crippen LogP contribution is -2.31. The predicted molar refractivity (Wildman–Crippen MR) is 98.7 cm³/mol. The van der Waals surface area contributed by atoms with Gasteiger partial charge in [-0.3, -0.25) is 4.79 Å². The summed E-state index contributed by atoms with van der Waals surface area (Å²) in [7, 11) is 3.26. The summed E-state index contributed by atoms with van der Waals surface area (Å²) in [6.07, 6.45) is -0.990. The minimum absolute atomic E-state index is 0.209. The second kappa shape index (κ2) is 7.58. The van der Waals surface area contributed by atoms with Crippen molar-refractivity contribution in [2.45, 2.75) is 6.10 Å². The Morgan fingerprint density at radius 3 is 2.48 bits per heavy atom. The van der Waals surface area contributed by atoms with Crippen LogP contribution in [0.5, 0.6) is 0 Å². The molecule has 25 heavy (non-hydrogen) atoms. The van der Waals surface area contributed by atoms with Crippen molar-refractivity contribution in [1.82, 2.24) is 9.88 Å². The normalized spacial score (nSPS) is 11.8. The summed E-state index contributed by atoms with van der Waals surface area (Å²) < 4.78 is 5.49. The van der Waals surface area contributed by atoms with Crippen molar-refractivity contribution in [3.05, 3.63) is 64.5 Å². The Hall–Kier alpha value is -2.51. The highest BCUT2D eigenvalue weighted by Crippen LogP contribution is 2.29. The van der Waals surface area contributed by atoms with E-state index in [0.29, 0.717) is 5.56 Å². The lowest BCUT2D eigenvalue weighted by molar-refractivity contribution is -0.138. The summed E-state index contributed by atoms with van der Waals surface area (Å²) in [6, 6.07) is 12.8. The van der Waals surface area contributed by atoms with E-state index in [1.807, 2.05) is 23.6 Å². The van der Waals surface area contributed by atoms with E-state index in [9.17, 15) is 9.59 Å². The Balaban J connectivity index is 1.82. The number of rotatable bonds is 5. The summed E-state index contributed by atoms with van der Waals surface area (Å²) >= 11 is 2.93. The average molecular weight is 372 g/mol. The van der Waals surface area contributed by atoms with Crippen LogP contribution in [0.25, 0.3) is 9.88 Å². The summed E-state index contributed by atoms with van der Waals surface area (Å²) in [4.78, 5) is 31.7. The van der Waals surface area contributed by atoms with Gasteiger partial charge in [-0.15, -0.1) is 22.7 Å². The molecule has 0 aliphatic carbocycles. The van der Waals surface area contributed by atoms with Gasteiger partial charge in [0.1, 0.15) is 5.01 Å². The van der Waals surface area contributed by atoms with E-state index in [2.05, 4.69) is 4.98 Å². The van der Waals surface area contributed by atoms with Crippen molar-refractivity contribution in [2.75, 3.05) is 14.1 Å². The molecule has 1 amide bonds. The van der Waals surface area contributed by atoms with Gasteiger partial charge in [-0.25, -0.2) is 9.78 Å². The summed E-state index contributed by atoms with van der Waals surface area (Å²) in [5.41, 5.74) is 0.837. The molecule has 0 fully saturated rings. The highest BCUT2D eigenvalue weighted by atomic mass is 32.1. The van der Waals surface area contributed by atoms with E-state index in [0.717, 1.165) is 9.88 Å². The molecule has 7 heteroatoms. The molecule has 2 heterocycles. The fourth-order valence-corrected chi connectivity index (χ4v) is 3.78. The van der Waals surface area contributed by atoms with Crippen LogP contribution in [0.1, 0.15) is 22.2 Å². The summed E-state index contributed by atoms with van der Waals surface area (Å²) in [5, 5.41) is 4.37. The zero-order valence-corrected chi connectivity index (χ0v) is 15.3. The third-order valence-corrected chi connectivity index (χ3v) is 5.32. The topological polar surface area (TPSA) is 59.5 Å². The second-order valence-corrected chi connectivity index (χ2v) is 7.25. The predicted octanol–water partition coefficient (Wildman–Crippen LogP) is 3.86. The number of thiophene rings is 1. The highest BCUT2D eigenvalue weighted by Gasteiger charge is 2.28. The van der Waals surface area contributed by atoms with Gasteiger partial charge in [0, 0.05) is 25.0 Å². The maximum absolute atomic E-state index is 12.5. The van der Waals surface area contributed by atoms with E-state index in [1.54, 1.807) is 55.1 Å². The van der Waals surface area contributed by atoms with Gasteiger partial charge in [-0.05, 0) is 11.4 Å². The number of benzene rings is 1. The molecule has 3 aromatic rings. The van der Waals surface area contributed by atoms with Crippen LogP contribution in [0, 0.1) is 0 Å². The number of aromatic nitrogens is 1. The third-order valence-electron chi connectivity index (χ3n) is 3.44. The minimum atomic E-state index is -0.990. The Morgan fingerprint density at radius 1 is 1.08 bits per heavy atom. The smallest absolute Gasteiger partial charge is 0.358 e. The number of hydrogen-bond donors (Lipinski definition) is 0. The van der Waals surface area contributed by atoms with E-state index in [1.165, 1.54) is 16.2 Å². The molecule has 0 saturated carbocycles. The van der Waals surface area contributed by atoms with Crippen molar-refractivity contribution < 1.29 is 14.3 Å². The molecule has 0 aliphatic heterocycles. The number of likely N-dealkylation sites (N-methyl/N-ethyl adjacent to an activating group) is 1. The molecule has 0 saturated heterocycles. The van der Waals surface area contributed by atoms with Gasteiger partial charge in [-0.2, -0.15) is 0 Å². The first-order valence-electron chi connectivity index (χ1n) is 7.53. The van der Waals surface area contributed by atoms with Crippen LogP contribution in [0.2, 0.25) is 0 Å². The quantitative estimate of drug-likeness (QED) is 0.638. The molecule has 0 N–H and O–H groups in total. The van der Waals surface area contributed by atoms with Gasteiger partial charge in [0.25, 0.3) is 5.91 Å². The number of nitrogens with zero attached hydrogens (tertiary/aromatic N) is 2. The molecule has 0 unspecified atom stereocenters. The molecule has 0 radical (unpaired) electrons. The number of carbonyl (C=O) groups is 2. The van der Waals surface area contributed by atoms with Gasteiger partial charge in [0.15, 0.2) is 5.69 Å². The van der Waals surface area contributed by atoms with Crippen molar-refractivity contribution in [3.8, 4) is 9.88 Å². The van der Waals surface area contributed by atoms with E-state index in [4.69, 9.17) is 4.74 Å². The number of amides is 1. The van der Waals surface area contributed by atoms with Crippen LogP contribution in [-0.2, 0) is 9.53 Å². The summed E-state index contributed by atoms with van der Waals surface area (Å²) in [5.74, 6) is -0.906. The van der Waals surface area contributed by atoms with Crippen LogP contribution in [0.3, 0.4) is 0 Å². The standard InChI is InChI=1S/C18H16N2O3S2/c1-20(2)17(21)15(12-7-4-3-5-8-12)23-18(22)13-11-25-16(19-13)14-9-6-10-24-14/h3-11,15H,1-2H3/t15-/m1/s1. The zero-order valence-electron chi connectivity index (χ0n) is 13.7. The van der Waals surface area contributed by atoms with Gasteiger partial charge in [0.05, 0.1) is 4.88 Å². The Labute approximate surface area is 153 Å². The van der Waals surface area contributed by atoms with Crippen molar-refractivity contribution >= 4 is 34.6 Å². The molecular formula is C18H16N2O3S2. The molecule has 1 aromatic carbocycles. The second-order valence-electron chi connectivity index (χ2n) is 5.44. The molecule has 0 spiro atoms. The van der Waals surface area contributed by atoms with Gasteiger partial charge in [-0.1, -0.05) is 36.4 Å². The molecule has 0 aliphatic rings. The number of esters is 1. The largest absolute Gasteiger partial charge is 0.443 e. The molecule has 1 atom stereocenters. The zero-order chi connectivity index (χ0) is 17.8. The Bertz CT molecular complexity index is 858. The van der Waals surface area contributed by atoms with Crippen LogP contribution in [-0.4, -0.2) is 35.9 Å². The van der Waals surface area contributed by atoms with Crippen LogP contribution in [0.15, 0.2) is 53.2 Å². The first-order valence-corrected chi connectivity index (χ1v) is 9.28. The van der Waals surface area contributed by atoms with Crippen molar-refractivity contribution in [2.24, 2.45) is 0 Å². The van der Waals surface area contributed by atoms with Gasteiger partial charge < -0.3 is 9.64 Å². The Morgan fingerprint density at radius 2 is 1.84 bits per heavy atom. The fraction of sp³-hybridized carbons (Fsp3) is 0.167. The molecular weight excluding hydrogens is 356 g/mol. The van der Waals surface area contributed by atoms with Crippen LogP contribution in [0.4, 0.5) is 0 Å².